The fraction of sp³-hybridized carbons (Fsp3) is 0.261. The third-order valence-electron chi connectivity index (χ3n) is 5.33. The van der Waals surface area contributed by atoms with E-state index >= 15 is 0 Å². The Hall–Kier alpha value is -4.61. The van der Waals surface area contributed by atoms with Crippen molar-refractivity contribution in [3.05, 3.63) is 85.2 Å². The number of aryl methyl sites for hydroxylation is 2. The van der Waals surface area contributed by atoms with E-state index in [0.717, 1.165) is 43.3 Å². The van der Waals surface area contributed by atoms with Crippen molar-refractivity contribution in [2.75, 3.05) is 10.6 Å². The molecule has 0 unspecified atom stereocenters. The van der Waals surface area contributed by atoms with Gasteiger partial charge in [-0.1, -0.05) is 13.3 Å². The van der Waals surface area contributed by atoms with Gasteiger partial charge in [0.25, 0.3) is 23.2 Å². The van der Waals surface area contributed by atoms with Gasteiger partial charge in [-0.3, -0.25) is 34.5 Å². The molecule has 12 nitrogen and oxygen atoms in total. The maximum Gasteiger partial charge on any atom is 0.277 e. The fourth-order valence-corrected chi connectivity index (χ4v) is 3.43. The van der Waals surface area contributed by atoms with Crippen LogP contribution in [0.2, 0.25) is 0 Å². The van der Waals surface area contributed by atoms with E-state index in [2.05, 4.69) is 22.7 Å². The Morgan fingerprint density at radius 2 is 1.49 bits per heavy atom. The number of carbonyl (C=O) groups is 2. The molecular formula is C23H24N6O6. The lowest BCUT2D eigenvalue weighted by Crippen LogP contribution is -2.15. The number of aromatic nitrogens is 2. The second-order valence-electron chi connectivity index (χ2n) is 7.86. The van der Waals surface area contributed by atoms with Crippen LogP contribution in [0.5, 0.6) is 0 Å². The number of amides is 2. The van der Waals surface area contributed by atoms with Crippen LogP contribution in [0.4, 0.5) is 22.7 Å². The van der Waals surface area contributed by atoms with Crippen LogP contribution in [0.3, 0.4) is 0 Å². The van der Waals surface area contributed by atoms with Crippen LogP contribution in [0.15, 0.2) is 42.5 Å². The average molecular weight is 480 g/mol. The van der Waals surface area contributed by atoms with Gasteiger partial charge in [-0.25, -0.2) is 0 Å². The zero-order valence-electron chi connectivity index (χ0n) is 19.4. The first-order chi connectivity index (χ1) is 16.6. The van der Waals surface area contributed by atoms with Crippen molar-refractivity contribution in [1.29, 1.82) is 0 Å². The average Bonchev–Trinajstić information content (AvgIpc) is 3.10. The van der Waals surface area contributed by atoms with Gasteiger partial charge >= 0.3 is 0 Å². The highest BCUT2D eigenvalue weighted by Gasteiger charge is 2.20. The molecule has 1 aromatic heterocycles. The summed E-state index contributed by atoms with van der Waals surface area (Å²) >= 11 is 0. The molecule has 0 radical (unpaired) electrons. The van der Waals surface area contributed by atoms with Crippen LogP contribution in [0, 0.1) is 34.1 Å². The van der Waals surface area contributed by atoms with E-state index in [0.29, 0.717) is 22.6 Å². The first kappa shape index (κ1) is 25.0. The van der Waals surface area contributed by atoms with Crippen LogP contribution in [-0.4, -0.2) is 31.4 Å². The van der Waals surface area contributed by atoms with Gasteiger partial charge in [-0.2, -0.15) is 5.10 Å². The summed E-state index contributed by atoms with van der Waals surface area (Å²) < 4.78 is 1.87. The zero-order valence-corrected chi connectivity index (χ0v) is 19.4. The molecule has 0 atom stereocenters. The molecule has 0 aliphatic heterocycles. The van der Waals surface area contributed by atoms with E-state index in [9.17, 15) is 29.8 Å². The largest absolute Gasteiger partial charge is 0.322 e. The number of nitro benzene ring substituents is 2. The van der Waals surface area contributed by atoms with Crippen molar-refractivity contribution in [2.45, 2.75) is 40.2 Å². The van der Waals surface area contributed by atoms with Crippen LogP contribution in [0.1, 0.15) is 51.9 Å². The van der Waals surface area contributed by atoms with Crippen LogP contribution in [0.25, 0.3) is 0 Å². The lowest BCUT2D eigenvalue weighted by atomic mass is 10.1. The molecule has 0 spiro atoms. The highest BCUT2D eigenvalue weighted by molar-refractivity contribution is 6.07. The number of hydrogen-bond donors (Lipinski definition) is 2. The second-order valence-corrected chi connectivity index (χ2v) is 7.86. The minimum atomic E-state index is -0.811. The van der Waals surface area contributed by atoms with Crippen molar-refractivity contribution in [1.82, 2.24) is 9.78 Å². The first-order valence-electron chi connectivity index (χ1n) is 10.8. The lowest BCUT2D eigenvalue weighted by molar-refractivity contribution is -0.394. The van der Waals surface area contributed by atoms with Gasteiger partial charge in [-0.05, 0) is 44.5 Å². The summed E-state index contributed by atoms with van der Waals surface area (Å²) in [5, 5.41) is 31.9. The number of hydrogen-bond acceptors (Lipinski definition) is 7. The molecule has 0 aliphatic rings. The number of rotatable bonds is 9. The molecule has 182 valence electrons. The Morgan fingerprint density at radius 3 is 2.03 bits per heavy atom. The van der Waals surface area contributed by atoms with E-state index < -0.39 is 27.1 Å². The van der Waals surface area contributed by atoms with E-state index in [1.165, 1.54) is 24.3 Å². The predicted molar refractivity (Wildman–Crippen MR) is 129 cm³/mol. The number of carbonyl (C=O) groups excluding carboxylic acids is 2. The Kier molecular flexibility index (Phi) is 7.54. The number of non-ortho nitro benzene ring substituents is 2. The summed E-state index contributed by atoms with van der Waals surface area (Å²) in [6, 6.07) is 8.68. The maximum absolute atomic E-state index is 12.7. The molecule has 0 saturated carbocycles. The van der Waals surface area contributed by atoms with E-state index in [1.54, 1.807) is 0 Å². The molecule has 0 saturated heterocycles. The smallest absolute Gasteiger partial charge is 0.277 e. The number of unbranched alkanes of at least 4 members (excludes halogenated alkanes) is 1. The summed E-state index contributed by atoms with van der Waals surface area (Å²) in [6.45, 7) is 6.57. The van der Waals surface area contributed by atoms with Crippen molar-refractivity contribution < 1.29 is 19.4 Å². The highest BCUT2D eigenvalue weighted by atomic mass is 16.6. The molecule has 0 aliphatic carbocycles. The van der Waals surface area contributed by atoms with Gasteiger partial charge in [0.2, 0.25) is 0 Å². The SMILES string of the molecule is CCCCn1nc(C)c(NC(=O)c2ccc(NC(=O)c3cc([N+](=O)[O-])cc([N+](=O)[O-])c3)cc2)c1C. The maximum atomic E-state index is 12.7. The molecule has 0 bridgehead atoms. The van der Waals surface area contributed by atoms with Crippen molar-refractivity contribution in [3.8, 4) is 0 Å². The number of nitro groups is 2. The van der Waals surface area contributed by atoms with E-state index in [-0.39, 0.29) is 11.5 Å². The van der Waals surface area contributed by atoms with Gasteiger partial charge in [0, 0.05) is 29.9 Å². The third kappa shape index (κ3) is 5.85. The van der Waals surface area contributed by atoms with Crippen LogP contribution >= 0.6 is 0 Å². The van der Waals surface area contributed by atoms with Gasteiger partial charge in [0.1, 0.15) is 0 Å². The van der Waals surface area contributed by atoms with Gasteiger partial charge in [0.15, 0.2) is 0 Å². The highest BCUT2D eigenvalue weighted by Crippen LogP contribution is 2.24. The molecule has 3 aromatic rings. The van der Waals surface area contributed by atoms with Crippen LogP contribution < -0.4 is 10.6 Å². The topological polar surface area (TPSA) is 162 Å². The van der Waals surface area contributed by atoms with E-state index in [4.69, 9.17) is 0 Å². The molecule has 0 fully saturated rings. The summed E-state index contributed by atoms with van der Waals surface area (Å²) in [6.07, 6.45) is 2.01. The van der Waals surface area contributed by atoms with E-state index in [1.807, 2.05) is 18.5 Å². The summed E-state index contributed by atoms with van der Waals surface area (Å²) in [4.78, 5) is 45.7. The summed E-state index contributed by atoms with van der Waals surface area (Å²) in [7, 11) is 0. The minimum absolute atomic E-state index is 0.237. The van der Waals surface area contributed by atoms with Crippen LogP contribution in [-0.2, 0) is 6.54 Å². The number of nitrogens with one attached hydrogen (secondary N) is 2. The molecule has 35 heavy (non-hydrogen) atoms. The number of nitrogens with zero attached hydrogens (tertiary/aromatic N) is 4. The number of benzene rings is 2. The fourth-order valence-electron chi connectivity index (χ4n) is 3.43. The molecule has 2 aromatic carbocycles. The Labute approximate surface area is 200 Å². The molecule has 2 N–H and O–H groups in total. The first-order valence-corrected chi connectivity index (χ1v) is 10.8. The van der Waals surface area contributed by atoms with Gasteiger partial charge in [0.05, 0.1) is 38.6 Å². The Balaban J connectivity index is 1.72. The summed E-state index contributed by atoms with van der Waals surface area (Å²) in [5.41, 5.74) is 1.49. The third-order valence-corrected chi connectivity index (χ3v) is 5.33. The van der Waals surface area contributed by atoms with Gasteiger partial charge < -0.3 is 10.6 Å². The molecule has 3 rings (SSSR count). The Bertz CT molecular complexity index is 1270. The quantitative estimate of drug-likeness (QED) is 0.333. The summed E-state index contributed by atoms with van der Waals surface area (Å²) in [5.74, 6) is -1.11. The number of anilines is 2. The van der Waals surface area contributed by atoms with Gasteiger partial charge in [-0.15, -0.1) is 0 Å². The van der Waals surface area contributed by atoms with Crippen molar-refractivity contribution >= 4 is 34.6 Å². The monoisotopic (exact) mass is 480 g/mol. The molecule has 2 amide bonds. The normalized spacial score (nSPS) is 10.6. The molecular weight excluding hydrogens is 456 g/mol. The molecule has 12 heteroatoms. The van der Waals surface area contributed by atoms with Crippen molar-refractivity contribution in [2.24, 2.45) is 0 Å². The second kappa shape index (κ2) is 10.5. The van der Waals surface area contributed by atoms with Crippen molar-refractivity contribution in [3.63, 3.8) is 0 Å². The standard InChI is InChI=1S/C23H24N6O6/c1-4-5-10-27-15(3)21(14(2)26-27)25-22(30)16-6-8-18(9-7-16)24-23(31)17-11-19(28(32)33)13-20(12-17)29(34)35/h6-9,11-13H,4-5,10H2,1-3H3,(H,24,31)(H,25,30). The minimum Gasteiger partial charge on any atom is -0.322 e. The molecule has 1 heterocycles. The zero-order chi connectivity index (χ0) is 25.7. The lowest BCUT2D eigenvalue weighted by Gasteiger charge is -2.09. The predicted octanol–water partition coefficient (Wildman–Crippen LogP) is 4.62. The Morgan fingerprint density at radius 1 is 0.914 bits per heavy atom.